The van der Waals surface area contributed by atoms with E-state index in [0.717, 1.165) is 42.2 Å². The first-order valence-corrected chi connectivity index (χ1v) is 8.97. The molecular weight excluding hydrogens is 334 g/mol. The smallest absolute Gasteiger partial charge is 0.152 e. The molecule has 0 aliphatic rings. The third kappa shape index (κ3) is 4.35. The predicted molar refractivity (Wildman–Crippen MR) is 101 cm³/mol. The number of imidazole rings is 1. The lowest BCUT2D eigenvalue weighted by molar-refractivity contribution is 0.539. The molecule has 0 aromatic carbocycles. The summed E-state index contributed by atoms with van der Waals surface area (Å²) >= 11 is 6.25. The van der Waals surface area contributed by atoms with Crippen LogP contribution in [0.5, 0.6) is 0 Å². The van der Waals surface area contributed by atoms with Gasteiger partial charge in [-0.05, 0) is 37.6 Å². The number of rotatable bonds is 6. The van der Waals surface area contributed by atoms with Crippen LogP contribution < -0.4 is 5.32 Å². The minimum absolute atomic E-state index is 0.0198. The lowest BCUT2D eigenvalue weighted by Crippen LogP contribution is -2.18. The van der Waals surface area contributed by atoms with Crippen molar-refractivity contribution in [3.63, 3.8) is 0 Å². The van der Waals surface area contributed by atoms with Gasteiger partial charge in [-0.25, -0.2) is 15.0 Å². The fraction of sp³-hybridized carbons (Fsp3) is 0.421. The highest BCUT2D eigenvalue weighted by molar-refractivity contribution is 6.30. The summed E-state index contributed by atoms with van der Waals surface area (Å²) in [5.41, 5.74) is 2.94. The fourth-order valence-electron chi connectivity index (χ4n) is 2.67. The first-order chi connectivity index (χ1) is 11.9. The van der Waals surface area contributed by atoms with Crippen molar-refractivity contribution in [2.24, 2.45) is 0 Å². The lowest BCUT2D eigenvalue weighted by atomic mass is 9.95. The van der Waals surface area contributed by atoms with Crippen LogP contribution in [0.15, 0.2) is 36.7 Å². The predicted octanol–water partition coefficient (Wildman–Crippen LogP) is 3.80. The SMILES string of the molecule is CC(C)(C)c1nccc(CCCNCc2c(Cl)nc3ccccn23)n1. The number of aryl methyl sites for hydroxylation is 1. The molecule has 132 valence electrons. The molecule has 0 bridgehead atoms. The Morgan fingerprint density at radius 3 is 2.80 bits per heavy atom. The van der Waals surface area contributed by atoms with Crippen LogP contribution in [0.3, 0.4) is 0 Å². The zero-order valence-corrected chi connectivity index (χ0v) is 15.7. The maximum Gasteiger partial charge on any atom is 0.152 e. The summed E-state index contributed by atoms with van der Waals surface area (Å²) in [7, 11) is 0. The first kappa shape index (κ1) is 17.8. The number of halogens is 1. The summed E-state index contributed by atoms with van der Waals surface area (Å²) in [4.78, 5) is 13.4. The number of hydrogen-bond donors (Lipinski definition) is 1. The molecule has 0 aliphatic carbocycles. The highest BCUT2D eigenvalue weighted by Gasteiger charge is 2.17. The molecule has 0 saturated heterocycles. The van der Waals surface area contributed by atoms with Crippen LogP contribution >= 0.6 is 11.6 Å². The molecule has 5 nitrogen and oxygen atoms in total. The van der Waals surface area contributed by atoms with Crippen LogP contribution in [0.2, 0.25) is 5.15 Å². The van der Waals surface area contributed by atoms with E-state index in [0.29, 0.717) is 11.7 Å². The van der Waals surface area contributed by atoms with Crippen molar-refractivity contribution in [1.82, 2.24) is 24.7 Å². The van der Waals surface area contributed by atoms with Crippen molar-refractivity contribution >= 4 is 17.2 Å². The number of fused-ring (bicyclic) bond motifs is 1. The molecule has 3 heterocycles. The molecule has 0 radical (unpaired) electrons. The van der Waals surface area contributed by atoms with E-state index in [9.17, 15) is 0 Å². The van der Waals surface area contributed by atoms with E-state index in [1.54, 1.807) is 0 Å². The molecule has 0 atom stereocenters. The lowest BCUT2D eigenvalue weighted by Gasteiger charge is -2.16. The third-order valence-electron chi connectivity index (χ3n) is 4.04. The molecule has 0 fully saturated rings. The highest BCUT2D eigenvalue weighted by Crippen LogP contribution is 2.18. The molecule has 0 unspecified atom stereocenters. The topological polar surface area (TPSA) is 55.1 Å². The van der Waals surface area contributed by atoms with Crippen molar-refractivity contribution < 1.29 is 0 Å². The van der Waals surface area contributed by atoms with E-state index >= 15 is 0 Å². The molecule has 3 aromatic rings. The standard InChI is InChI=1S/C19H24ClN5/c1-19(2,3)18-22-11-9-14(23-18)7-6-10-21-13-15-17(20)24-16-8-4-5-12-25(15)16/h4-5,8-9,11-12,21H,6-7,10,13H2,1-3H3. The quantitative estimate of drug-likeness (QED) is 0.682. The molecule has 0 saturated carbocycles. The maximum absolute atomic E-state index is 6.25. The van der Waals surface area contributed by atoms with E-state index in [-0.39, 0.29) is 5.41 Å². The van der Waals surface area contributed by atoms with Gasteiger partial charge in [-0.2, -0.15) is 0 Å². The average Bonchev–Trinajstić information content (AvgIpc) is 2.90. The Labute approximate surface area is 153 Å². The Balaban J connectivity index is 1.51. The van der Waals surface area contributed by atoms with Crippen molar-refractivity contribution in [3.05, 3.63) is 59.0 Å². The number of pyridine rings is 1. The van der Waals surface area contributed by atoms with Crippen molar-refractivity contribution in [2.75, 3.05) is 6.54 Å². The second-order valence-electron chi connectivity index (χ2n) is 7.18. The van der Waals surface area contributed by atoms with Gasteiger partial charge in [0.05, 0.1) is 5.69 Å². The van der Waals surface area contributed by atoms with Gasteiger partial charge in [0, 0.05) is 30.0 Å². The Morgan fingerprint density at radius 2 is 2.00 bits per heavy atom. The Bertz CT molecular complexity index is 850. The second kappa shape index (κ2) is 7.50. The van der Waals surface area contributed by atoms with Crippen molar-refractivity contribution in [3.8, 4) is 0 Å². The molecule has 0 amide bonds. The van der Waals surface area contributed by atoms with Gasteiger partial charge in [-0.1, -0.05) is 38.4 Å². The molecular formula is C19H24ClN5. The van der Waals surface area contributed by atoms with E-state index in [4.69, 9.17) is 11.6 Å². The molecule has 25 heavy (non-hydrogen) atoms. The number of aromatic nitrogens is 4. The fourth-order valence-corrected chi connectivity index (χ4v) is 2.92. The van der Waals surface area contributed by atoms with E-state index < -0.39 is 0 Å². The van der Waals surface area contributed by atoms with Crippen LogP contribution in [0.1, 0.15) is 44.4 Å². The van der Waals surface area contributed by atoms with Crippen LogP contribution in [0.25, 0.3) is 5.65 Å². The minimum atomic E-state index is -0.0198. The van der Waals surface area contributed by atoms with E-state index in [1.807, 2.05) is 41.1 Å². The number of hydrogen-bond acceptors (Lipinski definition) is 4. The summed E-state index contributed by atoms with van der Waals surface area (Å²) < 4.78 is 2.02. The van der Waals surface area contributed by atoms with E-state index in [2.05, 4.69) is 41.0 Å². The largest absolute Gasteiger partial charge is 0.311 e. The van der Waals surface area contributed by atoms with Gasteiger partial charge >= 0.3 is 0 Å². The summed E-state index contributed by atoms with van der Waals surface area (Å²) in [5, 5.41) is 4.01. The van der Waals surface area contributed by atoms with E-state index in [1.165, 1.54) is 0 Å². The number of nitrogens with zero attached hydrogens (tertiary/aromatic N) is 4. The Hall–Kier alpha value is -1.98. The van der Waals surface area contributed by atoms with Crippen LogP contribution in [0.4, 0.5) is 0 Å². The van der Waals surface area contributed by atoms with Gasteiger partial charge in [0.25, 0.3) is 0 Å². The van der Waals surface area contributed by atoms with Crippen LogP contribution in [-0.2, 0) is 18.4 Å². The summed E-state index contributed by atoms with van der Waals surface area (Å²) in [6, 6.07) is 7.90. The Morgan fingerprint density at radius 1 is 1.16 bits per heavy atom. The monoisotopic (exact) mass is 357 g/mol. The van der Waals surface area contributed by atoms with Gasteiger partial charge in [0.2, 0.25) is 0 Å². The van der Waals surface area contributed by atoms with Crippen LogP contribution in [0, 0.1) is 0 Å². The Kier molecular flexibility index (Phi) is 5.35. The summed E-state index contributed by atoms with van der Waals surface area (Å²) in [6.45, 7) is 7.99. The molecule has 1 N–H and O–H groups in total. The van der Waals surface area contributed by atoms with Gasteiger partial charge in [-0.3, -0.25) is 0 Å². The maximum atomic E-state index is 6.25. The highest BCUT2D eigenvalue weighted by atomic mass is 35.5. The van der Waals surface area contributed by atoms with Gasteiger partial charge < -0.3 is 9.72 Å². The first-order valence-electron chi connectivity index (χ1n) is 8.60. The minimum Gasteiger partial charge on any atom is -0.311 e. The third-order valence-corrected chi connectivity index (χ3v) is 4.35. The van der Waals surface area contributed by atoms with Gasteiger partial charge in [0.15, 0.2) is 5.15 Å². The molecule has 0 spiro atoms. The normalized spacial score (nSPS) is 12.0. The van der Waals surface area contributed by atoms with Gasteiger partial charge in [0.1, 0.15) is 11.5 Å². The zero-order valence-electron chi connectivity index (χ0n) is 15.0. The molecule has 3 aromatic heterocycles. The molecule has 0 aliphatic heterocycles. The van der Waals surface area contributed by atoms with Gasteiger partial charge in [-0.15, -0.1) is 0 Å². The van der Waals surface area contributed by atoms with Crippen LogP contribution in [-0.4, -0.2) is 25.9 Å². The second-order valence-corrected chi connectivity index (χ2v) is 7.54. The molecule has 3 rings (SSSR count). The zero-order chi connectivity index (χ0) is 17.9. The number of nitrogens with one attached hydrogen (secondary N) is 1. The summed E-state index contributed by atoms with van der Waals surface area (Å²) in [5.74, 6) is 0.899. The molecule has 6 heteroatoms. The van der Waals surface area contributed by atoms with Crippen molar-refractivity contribution in [1.29, 1.82) is 0 Å². The summed E-state index contributed by atoms with van der Waals surface area (Å²) in [6.07, 6.45) is 5.78. The van der Waals surface area contributed by atoms with Crippen molar-refractivity contribution in [2.45, 2.75) is 45.6 Å². The average molecular weight is 358 g/mol.